The Morgan fingerprint density at radius 2 is 1.90 bits per heavy atom. The van der Waals surface area contributed by atoms with Crippen LogP contribution in [-0.4, -0.2) is 16.5 Å². The second kappa shape index (κ2) is 6.57. The minimum absolute atomic E-state index is 0.0699. The van der Waals surface area contributed by atoms with Crippen LogP contribution in [0.2, 0.25) is 0 Å². The monoisotopic (exact) mass is 288 g/mol. The summed E-state index contributed by atoms with van der Waals surface area (Å²) in [7, 11) is 0. The molecule has 0 bridgehead atoms. The van der Waals surface area contributed by atoms with Gasteiger partial charge in [-0.1, -0.05) is 19.1 Å². The van der Waals surface area contributed by atoms with Gasteiger partial charge in [0.15, 0.2) is 0 Å². The molecule has 3 nitrogen and oxygen atoms in total. The summed E-state index contributed by atoms with van der Waals surface area (Å²) in [5, 5.41) is 2.97. The molecule has 0 fully saturated rings. The summed E-state index contributed by atoms with van der Waals surface area (Å²) < 4.78 is 14.9. The number of aryl methyl sites for hydroxylation is 1. The molecule has 0 saturated heterocycles. The van der Waals surface area contributed by atoms with Gasteiger partial charge in [-0.25, -0.2) is 4.39 Å². The van der Waals surface area contributed by atoms with Crippen LogP contribution < -0.4 is 5.32 Å². The maximum absolute atomic E-state index is 13.0. The van der Waals surface area contributed by atoms with Crippen LogP contribution >= 0.6 is 0 Å². The van der Waals surface area contributed by atoms with Crippen LogP contribution in [0.25, 0.3) is 11.1 Å². The maximum Gasteiger partial charge on any atom is 0.268 e. The lowest BCUT2D eigenvalue weighted by Crippen LogP contribution is -2.33. The van der Waals surface area contributed by atoms with E-state index in [2.05, 4.69) is 5.32 Å². The number of amides is 1. The Morgan fingerprint density at radius 3 is 2.48 bits per heavy atom. The molecular formula is C17H21FN2O. The summed E-state index contributed by atoms with van der Waals surface area (Å²) in [6, 6.07) is 8.30. The number of nitrogens with zero attached hydrogens (tertiary/aromatic N) is 1. The van der Waals surface area contributed by atoms with Crippen molar-refractivity contribution in [3.05, 3.63) is 48.0 Å². The van der Waals surface area contributed by atoms with E-state index >= 15 is 0 Å². The number of hydrogen-bond acceptors (Lipinski definition) is 1. The van der Waals surface area contributed by atoms with Gasteiger partial charge in [0.05, 0.1) is 0 Å². The van der Waals surface area contributed by atoms with Crippen molar-refractivity contribution < 1.29 is 9.18 Å². The fourth-order valence-electron chi connectivity index (χ4n) is 2.16. The van der Waals surface area contributed by atoms with Crippen molar-refractivity contribution in [1.29, 1.82) is 0 Å². The molecule has 21 heavy (non-hydrogen) atoms. The van der Waals surface area contributed by atoms with Gasteiger partial charge in [0, 0.05) is 24.3 Å². The lowest BCUT2D eigenvalue weighted by atomic mass is 10.1. The molecule has 0 saturated carbocycles. The number of halogens is 1. The molecule has 0 spiro atoms. The molecule has 4 heteroatoms. The topological polar surface area (TPSA) is 34.0 Å². The molecular weight excluding hydrogens is 267 g/mol. The Hall–Kier alpha value is -2.10. The van der Waals surface area contributed by atoms with E-state index in [4.69, 9.17) is 0 Å². The summed E-state index contributed by atoms with van der Waals surface area (Å²) in [6.45, 7) is 6.73. The van der Waals surface area contributed by atoms with Crippen molar-refractivity contribution >= 4 is 5.91 Å². The molecule has 0 aliphatic heterocycles. The van der Waals surface area contributed by atoms with E-state index in [-0.39, 0.29) is 17.8 Å². The van der Waals surface area contributed by atoms with E-state index in [1.54, 1.807) is 12.1 Å². The van der Waals surface area contributed by atoms with Crippen molar-refractivity contribution in [1.82, 2.24) is 9.88 Å². The van der Waals surface area contributed by atoms with Crippen molar-refractivity contribution in [2.45, 2.75) is 39.8 Å². The smallest absolute Gasteiger partial charge is 0.268 e. The highest BCUT2D eigenvalue weighted by Crippen LogP contribution is 2.23. The van der Waals surface area contributed by atoms with Crippen LogP contribution in [-0.2, 0) is 6.54 Å². The van der Waals surface area contributed by atoms with Gasteiger partial charge in [-0.05, 0) is 44.0 Å². The third-order valence-corrected chi connectivity index (χ3v) is 3.64. The zero-order valence-corrected chi connectivity index (χ0v) is 12.7. The maximum atomic E-state index is 13.0. The van der Waals surface area contributed by atoms with Gasteiger partial charge in [-0.3, -0.25) is 4.79 Å². The minimum atomic E-state index is -0.261. The Kier molecular flexibility index (Phi) is 4.78. The lowest BCUT2D eigenvalue weighted by molar-refractivity contribution is 0.0930. The molecule has 112 valence electrons. The first kappa shape index (κ1) is 15.3. The van der Waals surface area contributed by atoms with E-state index in [0.29, 0.717) is 12.2 Å². The first-order valence-electron chi connectivity index (χ1n) is 7.32. The third kappa shape index (κ3) is 3.51. The molecule has 0 aliphatic rings. The molecule has 1 heterocycles. The quantitative estimate of drug-likeness (QED) is 0.891. The van der Waals surface area contributed by atoms with Crippen LogP contribution in [0.4, 0.5) is 4.39 Å². The molecule has 2 aromatic rings. The molecule has 0 unspecified atom stereocenters. The third-order valence-electron chi connectivity index (χ3n) is 3.64. The fraction of sp³-hybridized carbons (Fsp3) is 0.353. The average molecular weight is 288 g/mol. The van der Waals surface area contributed by atoms with Gasteiger partial charge in [-0.15, -0.1) is 0 Å². The zero-order valence-electron chi connectivity index (χ0n) is 12.7. The Balaban J connectivity index is 2.31. The van der Waals surface area contributed by atoms with E-state index in [1.807, 2.05) is 37.6 Å². The number of rotatable bonds is 5. The van der Waals surface area contributed by atoms with Crippen LogP contribution in [0.15, 0.2) is 36.5 Å². The molecule has 1 aromatic heterocycles. The summed E-state index contributed by atoms with van der Waals surface area (Å²) in [5.41, 5.74) is 2.46. The van der Waals surface area contributed by atoms with Crippen molar-refractivity contribution in [2.24, 2.45) is 0 Å². The van der Waals surface area contributed by atoms with Crippen LogP contribution in [0, 0.1) is 5.82 Å². The summed E-state index contributed by atoms with van der Waals surface area (Å²) in [4.78, 5) is 12.3. The van der Waals surface area contributed by atoms with Gasteiger partial charge in [0.1, 0.15) is 11.5 Å². The first-order valence-corrected chi connectivity index (χ1v) is 7.32. The van der Waals surface area contributed by atoms with Crippen molar-refractivity contribution in [3.8, 4) is 11.1 Å². The number of benzene rings is 1. The van der Waals surface area contributed by atoms with Gasteiger partial charge in [-0.2, -0.15) is 0 Å². The lowest BCUT2D eigenvalue weighted by Gasteiger charge is -2.12. The molecule has 0 aliphatic carbocycles. The van der Waals surface area contributed by atoms with Crippen LogP contribution in [0.3, 0.4) is 0 Å². The summed E-state index contributed by atoms with van der Waals surface area (Å²) >= 11 is 0. The summed E-state index contributed by atoms with van der Waals surface area (Å²) in [6.07, 6.45) is 2.82. The standard InChI is InChI=1S/C17H21FN2O/c1-4-12(3)19-17(21)16-10-14(11-20(16)5-2)13-6-8-15(18)9-7-13/h6-12H,4-5H2,1-3H3,(H,19,21)/t12-/m0/s1. The Morgan fingerprint density at radius 1 is 1.24 bits per heavy atom. The number of hydrogen-bond donors (Lipinski definition) is 1. The van der Waals surface area contributed by atoms with Crippen molar-refractivity contribution in [2.75, 3.05) is 0 Å². The van der Waals surface area contributed by atoms with Crippen LogP contribution in [0.5, 0.6) is 0 Å². The fourth-order valence-corrected chi connectivity index (χ4v) is 2.16. The molecule has 0 radical (unpaired) electrons. The number of carbonyl (C=O) groups excluding carboxylic acids is 1. The highest BCUT2D eigenvalue weighted by atomic mass is 19.1. The first-order chi connectivity index (χ1) is 10.0. The van der Waals surface area contributed by atoms with Gasteiger partial charge >= 0.3 is 0 Å². The molecule has 1 atom stereocenters. The molecule has 2 rings (SSSR count). The highest BCUT2D eigenvalue weighted by molar-refractivity contribution is 5.94. The van der Waals surface area contributed by atoms with Gasteiger partial charge < -0.3 is 9.88 Å². The van der Waals surface area contributed by atoms with E-state index in [1.165, 1.54) is 12.1 Å². The molecule has 1 aromatic carbocycles. The SMILES string of the molecule is CC[C@H](C)NC(=O)c1cc(-c2ccc(F)cc2)cn1CC. The van der Waals surface area contributed by atoms with Crippen LogP contribution in [0.1, 0.15) is 37.7 Å². The Bertz CT molecular complexity index is 616. The average Bonchev–Trinajstić information content (AvgIpc) is 2.92. The van der Waals surface area contributed by atoms with Gasteiger partial charge in [0.25, 0.3) is 5.91 Å². The molecule has 1 N–H and O–H groups in total. The van der Waals surface area contributed by atoms with E-state index in [0.717, 1.165) is 17.5 Å². The normalized spacial score (nSPS) is 12.2. The number of aromatic nitrogens is 1. The predicted octanol–water partition coefficient (Wildman–Crippen LogP) is 3.84. The number of nitrogens with one attached hydrogen (secondary N) is 1. The second-order valence-corrected chi connectivity index (χ2v) is 5.19. The Labute approximate surface area is 124 Å². The largest absolute Gasteiger partial charge is 0.348 e. The van der Waals surface area contributed by atoms with E-state index in [9.17, 15) is 9.18 Å². The highest BCUT2D eigenvalue weighted by Gasteiger charge is 2.15. The number of carbonyl (C=O) groups is 1. The summed E-state index contributed by atoms with van der Waals surface area (Å²) in [5.74, 6) is -0.331. The van der Waals surface area contributed by atoms with Gasteiger partial charge in [0.2, 0.25) is 0 Å². The predicted molar refractivity (Wildman–Crippen MR) is 82.7 cm³/mol. The van der Waals surface area contributed by atoms with E-state index < -0.39 is 0 Å². The zero-order chi connectivity index (χ0) is 15.4. The van der Waals surface area contributed by atoms with Crippen molar-refractivity contribution in [3.63, 3.8) is 0 Å². The minimum Gasteiger partial charge on any atom is -0.348 e. The second-order valence-electron chi connectivity index (χ2n) is 5.19. The molecule has 1 amide bonds.